The molecule has 1 aromatic heterocycles. The number of hydrogen-bond donors (Lipinski definition) is 4. The number of ether oxygens (including phenoxy) is 1. The molecule has 0 saturated carbocycles. The van der Waals surface area contributed by atoms with Crippen LogP contribution in [0.15, 0.2) is 85.1 Å². The molecule has 0 aliphatic rings. The van der Waals surface area contributed by atoms with Crippen molar-refractivity contribution in [3.63, 3.8) is 0 Å². The maximum atomic E-state index is 13.7. The van der Waals surface area contributed by atoms with Gasteiger partial charge in [0.05, 0.1) is 23.2 Å². The summed E-state index contributed by atoms with van der Waals surface area (Å²) in [5.41, 5.74) is 7.25. The smallest absolute Gasteiger partial charge is 0.337 e. The molecule has 0 radical (unpaired) electrons. The molecule has 10 heteroatoms. The monoisotopic (exact) mass is 532 g/mol. The van der Waals surface area contributed by atoms with Crippen LogP contribution in [0.5, 0.6) is 5.75 Å². The minimum atomic E-state index is -1.17. The number of halogens is 2. The number of amides is 1. The molecule has 0 spiro atoms. The summed E-state index contributed by atoms with van der Waals surface area (Å²) < 4.78 is 32.9. The SMILES string of the molecule is C[C@H](NC(=O)c1cccnc1N[C@@H](COc1ccc(N)c(C(=O)O)c1)c1ccccc1)c1ccc(F)c(F)c1. The third-order valence-electron chi connectivity index (χ3n) is 6.03. The number of nitrogens with zero attached hydrogens (tertiary/aromatic N) is 1. The van der Waals surface area contributed by atoms with E-state index in [4.69, 9.17) is 10.5 Å². The number of pyridine rings is 1. The number of hydrogen-bond acceptors (Lipinski definition) is 6. The number of carboxylic acids is 1. The van der Waals surface area contributed by atoms with Crippen LogP contribution < -0.4 is 21.1 Å². The van der Waals surface area contributed by atoms with Gasteiger partial charge in [-0.15, -0.1) is 0 Å². The topological polar surface area (TPSA) is 127 Å². The van der Waals surface area contributed by atoms with Gasteiger partial charge in [0, 0.05) is 11.9 Å². The van der Waals surface area contributed by atoms with E-state index in [0.29, 0.717) is 11.3 Å². The van der Waals surface area contributed by atoms with Gasteiger partial charge in [-0.05, 0) is 60.5 Å². The molecule has 4 aromatic rings. The van der Waals surface area contributed by atoms with Crippen molar-refractivity contribution in [1.29, 1.82) is 0 Å². The van der Waals surface area contributed by atoms with E-state index >= 15 is 0 Å². The third kappa shape index (κ3) is 6.67. The Morgan fingerprint density at radius 2 is 1.72 bits per heavy atom. The first-order chi connectivity index (χ1) is 18.7. The zero-order valence-electron chi connectivity index (χ0n) is 20.9. The van der Waals surface area contributed by atoms with Crippen LogP contribution in [0.25, 0.3) is 0 Å². The van der Waals surface area contributed by atoms with Crippen LogP contribution in [0.1, 0.15) is 50.9 Å². The van der Waals surface area contributed by atoms with Gasteiger partial charge in [-0.25, -0.2) is 18.6 Å². The molecular formula is C29H26F2N4O4. The van der Waals surface area contributed by atoms with E-state index in [1.807, 2.05) is 30.3 Å². The third-order valence-corrected chi connectivity index (χ3v) is 6.03. The van der Waals surface area contributed by atoms with E-state index in [1.54, 1.807) is 25.1 Å². The van der Waals surface area contributed by atoms with Crippen molar-refractivity contribution in [1.82, 2.24) is 10.3 Å². The standard InChI is InChI=1S/C29H26F2N4O4/c1-17(19-9-11-23(30)24(31)14-19)34-28(36)21-8-5-13-33-27(21)35-26(18-6-3-2-4-7-18)16-39-20-10-12-25(32)22(15-20)29(37)38/h2-15,17,26H,16,32H2,1H3,(H,33,35)(H,34,36)(H,37,38)/t17-,26-/m0/s1. The number of aromatic nitrogens is 1. The maximum absolute atomic E-state index is 13.7. The van der Waals surface area contributed by atoms with Crippen molar-refractivity contribution in [3.8, 4) is 5.75 Å². The van der Waals surface area contributed by atoms with Crippen molar-refractivity contribution >= 4 is 23.4 Å². The summed E-state index contributed by atoms with van der Waals surface area (Å²) >= 11 is 0. The van der Waals surface area contributed by atoms with E-state index in [-0.39, 0.29) is 29.2 Å². The molecule has 4 rings (SSSR count). The normalized spacial score (nSPS) is 12.3. The number of nitrogens with two attached hydrogens (primary N) is 1. The molecule has 1 heterocycles. The zero-order valence-corrected chi connectivity index (χ0v) is 20.9. The summed E-state index contributed by atoms with van der Waals surface area (Å²) in [6, 6.07) is 19.3. The molecule has 39 heavy (non-hydrogen) atoms. The van der Waals surface area contributed by atoms with Gasteiger partial charge in [-0.2, -0.15) is 0 Å². The number of nitrogens with one attached hydrogen (secondary N) is 2. The quantitative estimate of drug-likeness (QED) is 0.203. The second-order valence-electron chi connectivity index (χ2n) is 8.74. The molecule has 2 atom stereocenters. The highest BCUT2D eigenvalue weighted by Crippen LogP contribution is 2.25. The average molecular weight is 533 g/mol. The lowest BCUT2D eigenvalue weighted by Gasteiger charge is -2.22. The fraction of sp³-hybridized carbons (Fsp3) is 0.138. The highest BCUT2D eigenvalue weighted by atomic mass is 19.2. The Bertz CT molecular complexity index is 1480. The Labute approximate surface area is 223 Å². The Morgan fingerprint density at radius 1 is 0.949 bits per heavy atom. The van der Waals surface area contributed by atoms with Crippen LogP contribution in [0.2, 0.25) is 0 Å². The van der Waals surface area contributed by atoms with E-state index in [1.165, 1.54) is 24.4 Å². The molecule has 1 amide bonds. The van der Waals surface area contributed by atoms with Gasteiger partial charge < -0.3 is 26.2 Å². The van der Waals surface area contributed by atoms with Gasteiger partial charge in [0.25, 0.3) is 5.91 Å². The number of benzene rings is 3. The number of carbonyl (C=O) groups excluding carboxylic acids is 1. The number of nitrogen functional groups attached to an aromatic ring is 1. The van der Waals surface area contributed by atoms with Gasteiger partial charge >= 0.3 is 5.97 Å². The first-order valence-electron chi connectivity index (χ1n) is 12.0. The summed E-state index contributed by atoms with van der Waals surface area (Å²) in [6.07, 6.45) is 1.53. The number of anilines is 2. The van der Waals surface area contributed by atoms with E-state index in [9.17, 15) is 23.5 Å². The Balaban J connectivity index is 1.55. The molecule has 0 aliphatic carbocycles. The largest absolute Gasteiger partial charge is 0.491 e. The first-order valence-corrected chi connectivity index (χ1v) is 12.0. The zero-order chi connectivity index (χ0) is 27.9. The van der Waals surface area contributed by atoms with Crippen LogP contribution in [0.3, 0.4) is 0 Å². The van der Waals surface area contributed by atoms with Gasteiger partial charge in [-0.1, -0.05) is 36.4 Å². The molecule has 5 N–H and O–H groups in total. The van der Waals surface area contributed by atoms with Crippen LogP contribution in [-0.4, -0.2) is 28.6 Å². The van der Waals surface area contributed by atoms with Crippen molar-refractivity contribution in [2.24, 2.45) is 0 Å². The lowest BCUT2D eigenvalue weighted by Crippen LogP contribution is -2.29. The fourth-order valence-corrected chi connectivity index (χ4v) is 3.90. The minimum absolute atomic E-state index is 0.0654. The van der Waals surface area contributed by atoms with Crippen LogP contribution in [0, 0.1) is 11.6 Å². The van der Waals surface area contributed by atoms with Gasteiger partial charge in [0.1, 0.15) is 18.2 Å². The number of carboxylic acid groups (broad SMARTS) is 1. The lowest BCUT2D eigenvalue weighted by molar-refractivity contribution is 0.0697. The van der Waals surface area contributed by atoms with E-state index < -0.39 is 35.6 Å². The average Bonchev–Trinajstić information content (AvgIpc) is 2.93. The van der Waals surface area contributed by atoms with Crippen molar-refractivity contribution in [3.05, 3.63) is 119 Å². The molecule has 200 valence electrons. The predicted octanol–water partition coefficient (Wildman–Crippen LogP) is 5.36. The Kier molecular flexibility index (Phi) is 8.35. The molecule has 0 fully saturated rings. The van der Waals surface area contributed by atoms with Crippen molar-refractivity contribution in [2.45, 2.75) is 19.0 Å². The van der Waals surface area contributed by atoms with E-state index in [2.05, 4.69) is 15.6 Å². The lowest BCUT2D eigenvalue weighted by atomic mass is 10.1. The number of carbonyl (C=O) groups is 2. The molecule has 0 bridgehead atoms. The second kappa shape index (κ2) is 12.0. The van der Waals surface area contributed by atoms with Crippen LogP contribution >= 0.6 is 0 Å². The Morgan fingerprint density at radius 3 is 2.44 bits per heavy atom. The Hall–Kier alpha value is -4.99. The minimum Gasteiger partial charge on any atom is -0.491 e. The first kappa shape index (κ1) is 27.1. The molecule has 0 saturated heterocycles. The van der Waals surface area contributed by atoms with Crippen molar-refractivity contribution in [2.75, 3.05) is 17.7 Å². The van der Waals surface area contributed by atoms with Gasteiger partial charge in [-0.3, -0.25) is 4.79 Å². The highest BCUT2D eigenvalue weighted by Gasteiger charge is 2.21. The molecule has 0 unspecified atom stereocenters. The summed E-state index contributed by atoms with van der Waals surface area (Å²) in [5, 5.41) is 15.4. The predicted molar refractivity (Wildman–Crippen MR) is 143 cm³/mol. The molecule has 0 aliphatic heterocycles. The highest BCUT2D eigenvalue weighted by molar-refractivity contribution is 5.99. The molecule has 8 nitrogen and oxygen atoms in total. The molecule has 3 aromatic carbocycles. The van der Waals surface area contributed by atoms with Gasteiger partial charge in [0.15, 0.2) is 11.6 Å². The fourth-order valence-electron chi connectivity index (χ4n) is 3.90. The summed E-state index contributed by atoms with van der Waals surface area (Å²) in [6.45, 7) is 1.72. The second-order valence-corrected chi connectivity index (χ2v) is 8.74. The van der Waals surface area contributed by atoms with Crippen molar-refractivity contribution < 1.29 is 28.2 Å². The number of aromatic carboxylic acids is 1. The van der Waals surface area contributed by atoms with Crippen LogP contribution in [0.4, 0.5) is 20.3 Å². The summed E-state index contributed by atoms with van der Waals surface area (Å²) in [7, 11) is 0. The maximum Gasteiger partial charge on any atom is 0.337 e. The number of rotatable bonds is 10. The summed E-state index contributed by atoms with van der Waals surface area (Å²) in [5.74, 6) is -3.03. The molecular weight excluding hydrogens is 506 g/mol. The van der Waals surface area contributed by atoms with Crippen LogP contribution in [-0.2, 0) is 0 Å². The summed E-state index contributed by atoms with van der Waals surface area (Å²) in [4.78, 5) is 29.0. The van der Waals surface area contributed by atoms with Gasteiger partial charge in [0.2, 0.25) is 0 Å². The van der Waals surface area contributed by atoms with E-state index in [0.717, 1.165) is 17.7 Å².